The highest BCUT2D eigenvalue weighted by Gasteiger charge is 2.22. The van der Waals surface area contributed by atoms with Crippen molar-refractivity contribution in [3.05, 3.63) is 23.0 Å². The Morgan fingerprint density at radius 2 is 2.05 bits per heavy atom. The number of ether oxygens (including phenoxy) is 1. The zero-order valence-corrected chi connectivity index (χ0v) is 12.6. The number of anilines is 1. The van der Waals surface area contributed by atoms with Gasteiger partial charge in [-0.25, -0.2) is 0 Å². The summed E-state index contributed by atoms with van der Waals surface area (Å²) in [6, 6.07) is 2.54. The van der Waals surface area contributed by atoms with Crippen LogP contribution in [0.15, 0.2) is 6.07 Å². The average Bonchev–Trinajstić information content (AvgIpc) is 2.37. The molecule has 0 radical (unpaired) electrons. The summed E-state index contributed by atoms with van der Waals surface area (Å²) in [5.41, 5.74) is 9.75. The Bertz CT molecular complexity index is 484. The van der Waals surface area contributed by atoms with E-state index in [1.54, 1.807) is 0 Å². The molecule has 1 aromatic rings. The predicted molar refractivity (Wildman–Crippen MR) is 81.8 cm³/mol. The Hall–Kier alpha value is -1.20. The summed E-state index contributed by atoms with van der Waals surface area (Å²) in [5.74, 6) is 0. The third-order valence-corrected chi connectivity index (χ3v) is 3.88. The van der Waals surface area contributed by atoms with E-state index >= 15 is 0 Å². The lowest BCUT2D eigenvalue weighted by molar-refractivity contribution is 0.0855. The molecule has 0 unspecified atom stereocenters. The first-order valence-electron chi connectivity index (χ1n) is 6.59. The van der Waals surface area contributed by atoms with Crippen LogP contribution < -0.4 is 10.6 Å². The number of nitrogens with zero attached hydrogens (tertiary/aromatic N) is 2. The van der Waals surface area contributed by atoms with Crippen LogP contribution >= 0.6 is 12.2 Å². The largest absolute Gasteiger partial charge is 0.389 e. The van der Waals surface area contributed by atoms with Crippen molar-refractivity contribution in [3.8, 4) is 0 Å². The second-order valence-corrected chi connectivity index (χ2v) is 5.50. The number of aryl methyl sites for hydroxylation is 2. The first-order chi connectivity index (χ1) is 9.00. The number of hydrogen-bond acceptors (Lipinski definition) is 4. The number of pyridine rings is 1. The fraction of sp³-hybridized carbons (Fsp3) is 0.571. The minimum absolute atomic E-state index is 0.416. The first-order valence-corrected chi connectivity index (χ1v) is 7.00. The molecule has 0 aromatic carbocycles. The summed E-state index contributed by atoms with van der Waals surface area (Å²) in [7, 11) is 2.10. The summed E-state index contributed by atoms with van der Waals surface area (Å²) in [6.07, 6.45) is 2.07. The molecule has 1 saturated heterocycles. The van der Waals surface area contributed by atoms with Gasteiger partial charge in [0.05, 0.1) is 11.3 Å². The topological polar surface area (TPSA) is 51.4 Å². The second kappa shape index (κ2) is 5.84. The molecule has 1 aliphatic rings. The highest BCUT2D eigenvalue weighted by Crippen LogP contribution is 2.27. The van der Waals surface area contributed by atoms with E-state index in [0.717, 1.165) is 48.7 Å². The maximum absolute atomic E-state index is 5.87. The molecule has 2 N–H and O–H groups in total. The van der Waals surface area contributed by atoms with Crippen molar-refractivity contribution in [1.82, 2.24) is 4.98 Å². The summed E-state index contributed by atoms with van der Waals surface area (Å²) >= 11 is 5.19. The van der Waals surface area contributed by atoms with Crippen molar-refractivity contribution >= 4 is 22.9 Å². The van der Waals surface area contributed by atoms with Crippen molar-refractivity contribution in [3.63, 3.8) is 0 Å². The van der Waals surface area contributed by atoms with Gasteiger partial charge in [0.2, 0.25) is 0 Å². The Kier molecular flexibility index (Phi) is 4.37. The summed E-state index contributed by atoms with van der Waals surface area (Å²) in [5, 5.41) is 0. The molecular formula is C14H21N3OS. The molecule has 0 saturated carbocycles. The van der Waals surface area contributed by atoms with E-state index in [0.29, 0.717) is 11.0 Å². The average molecular weight is 279 g/mol. The van der Waals surface area contributed by atoms with Crippen molar-refractivity contribution < 1.29 is 4.74 Å². The van der Waals surface area contributed by atoms with Crippen molar-refractivity contribution in [2.75, 3.05) is 25.2 Å². The molecule has 1 aromatic heterocycles. The van der Waals surface area contributed by atoms with Crippen molar-refractivity contribution in [2.45, 2.75) is 32.7 Å². The van der Waals surface area contributed by atoms with Crippen LogP contribution in [-0.2, 0) is 4.74 Å². The number of rotatable bonds is 3. The lowest BCUT2D eigenvalue weighted by Crippen LogP contribution is -2.38. The molecule has 0 amide bonds. The molecule has 0 spiro atoms. The van der Waals surface area contributed by atoms with Crippen molar-refractivity contribution in [2.24, 2.45) is 5.73 Å². The smallest absolute Gasteiger partial charge is 0.107 e. The van der Waals surface area contributed by atoms with Gasteiger partial charge in [0.25, 0.3) is 0 Å². The maximum Gasteiger partial charge on any atom is 0.107 e. The van der Waals surface area contributed by atoms with Gasteiger partial charge in [0, 0.05) is 37.7 Å². The molecule has 4 nitrogen and oxygen atoms in total. The van der Waals surface area contributed by atoms with E-state index < -0.39 is 0 Å². The van der Waals surface area contributed by atoms with Gasteiger partial charge < -0.3 is 15.4 Å². The van der Waals surface area contributed by atoms with Crippen LogP contribution in [0.2, 0.25) is 0 Å². The molecule has 1 fully saturated rings. The third kappa shape index (κ3) is 3.04. The molecule has 19 heavy (non-hydrogen) atoms. The van der Waals surface area contributed by atoms with E-state index in [4.69, 9.17) is 22.7 Å². The molecule has 0 atom stereocenters. The Morgan fingerprint density at radius 3 is 2.63 bits per heavy atom. The maximum atomic E-state index is 5.87. The zero-order chi connectivity index (χ0) is 14.0. The molecule has 2 heterocycles. The minimum Gasteiger partial charge on any atom is -0.389 e. The zero-order valence-electron chi connectivity index (χ0n) is 11.8. The molecule has 1 aliphatic heterocycles. The van der Waals surface area contributed by atoms with Gasteiger partial charge in [-0.15, -0.1) is 0 Å². The number of thiocarbonyl (C=S) groups is 1. The molecule has 2 rings (SSSR count). The van der Waals surface area contributed by atoms with E-state index in [-0.39, 0.29) is 0 Å². The lowest BCUT2D eigenvalue weighted by Gasteiger charge is -2.34. The fourth-order valence-corrected chi connectivity index (χ4v) is 2.91. The van der Waals surface area contributed by atoms with Crippen LogP contribution in [0.4, 0.5) is 5.69 Å². The molecular weight excluding hydrogens is 258 g/mol. The molecule has 5 heteroatoms. The lowest BCUT2D eigenvalue weighted by atomic mass is 10.0. The predicted octanol–water partition coefficient (Wildman–Crippen LogP) is 1.95. The van der Waals surface area contributed by atoms with E-state index in [1.165, 1.54) is 0 Å². The quantitative estimate of drug-likeness (QED) is 0.857. The highest BCUT2D eigenvalue weighted by molar-refractivity contribution is 7.80. The Labute approximate surface area is 120 Å². The van der Waals surface area contributed by atoms with Gasteiger partial charge in [-0.2, -0.15) is 0 Å². The summed E-state index contributed by atoms with van der Waals surface area (Å²) in [4.78, 5) is 7.16. The number of aromatic nitrogens is 1. The van der Waals surface area contributed by atoms with Crippen LogP contribution in [0.3, 0.4) is 0 Å². The highest BCUT2D eigenvalue weighted by atomic mass is 32.1. The van der Waals surface area contributed by atoms with Gasteiger partial charge in [0.15, 0.2) is 0 Å². The SMILES string of the molecule is Cc1cc(N(C)C2CCOCC2)c(C(N)=S)c(C)n1. The van der Waals surface area contributed by atoms with Crippen LogP contribution in [-0.4, -0.2) is 36.3 Å². The van der Waals surface area contributed by atoms with E-state index in [1.807, 2.05) is 13.8 Å². The van der Waals surface area contributed by atoms with Crippen LogP contribution in [0.1, 0.15) is 29.8 Å². The van der Waals surface area contributed by atoms with Crippen molar-refractivity contribution in [1.29, 1.82) is 0 Å². The van der Waals surface area contributed by atoms with Gasteiger partial charge in [-0.3, -0.25) is 4.98 Å². The monoisotopic (exact) mass is 279 g/mol. The van der Waals surface area contributed by atoms with E-state index in [9.17, 15) is 0 Å². The Morgan fingerprint density at radius 1 is 1.42 bits per heavy atom. The Balaban J connectivity index is 2.39. The second-order valence-electron chi connectivity index (χ2n) is 5.06. The minimum atomic E-state index is 0.416. The van der Waals surface area contributed by atoms with E-state index in [2.05, 4.69) is 23.0 Å². The van der Waals surface area contributed by atoms with Crippen LogP contribution in [0.5, 0.6) is 0 Å². The number of hydrogen-bond donors (Lipinski definition) is 1. The van der Waals surface area contributed by atoms with Gasteiger partial charge >= 0.3 is 0 Å². The molecule has 104 valence electrons. The van der Waals surface area contributed by atoms with Crippen LogP contribution in [0, 0.1) is 13.8 Å². The molecule has 0 bridgehead atoms. The van der Waals surface area contributed by atoms with Gasteiger partial charge in [0.1, 0.15) is 4.99 Å². The molecule has 0 aliphatic carbocycles. The van der Waals surface area contributed by atoms with Gasteiger partial charge in [-0.1, -0.05) is 12.2 Å². The van der Waals surface area contributed by atoms with Gasteiger partial charge in [-0.05, 0) is 32.8 Å². The summed E-state index contributed by atoms with van der Waals surface area (Å²) in [6.45, 7) is 5.60. The first kappa shape index (κ1) is 14.2. The number of nitrogens with two attached hydrogens (primary N) is 1. The van der Waals surface area contributed by atoms with Crippen LogP contribution in [0.25, 0.3) is 0 Å². The standard InChI is InChI=1S/C14H21N3OS/c1-9-8-12(13(14(15)19)10(2)16-9)17(3)11-4-6-18-7-5-11/h8,11H,4-7H2,1-3H3,(H2,15,19). The normalized spacial score (nSPS) is 16.4. The third-order valence-electron chi connectivity index (χ3n) is 3.67. The summed E-state index contributed by atoms with van der Waals surface area (Å²) < 4.78 is 5.42. The fourth-order valence-electron chi connectivity index (χ4n) is 2.66.